The van der Waals surface area contributed by atoms with Crippen LogP contribution in [0.2, 0.25) is 0 Å². The van der Waals surface area contributed by atoms with Crippen LogP contribution in [0.25, 0.3) is 0 Å². The normalized spacial score (nSPS) is 10.4. The highest BCUT2D eigenvalue weighted by Crippen LogP contribution is 2.18. The molecular weight excluding hydrogens is 326 g/mol. The van der Waals surface area contributed by atoms with E-state index < -0.39 is 0 Å². The van der Waals surface area contributed by atoms with E-state index in [9.17, 15) is 4.79 Å². The van der Waals surface area contributed by atoms with Gasteiger partial charge < -0.3 is 15.5 Å². The highest BCUT2D eigenvalue weighted by Gasteiger charge is 2.10. The summed E-state index contributed by atoms with van der Waals surface area (Å²) in [7, 11) is 0. The summed E-state index contributed by atoms with van der Waals surface area (Å²) in [5.41, 5.74) is 2.25. The molecule has 0 spiro atoms. The number of rotatable bonds is 10. The summed E-state index contributed by atoms with van der Waals surface area (Å²) >= 11 is 0. The van der Waals surface area contributed by atoms with E-state index in [1.54, 1.807) is 6.07 Å². The number of carbonyl (C=O) groups is 1. The number of anilines is 3. The molecule has 1 amide bonds. The lowest BCUT2D eigenvalue weighted by atomic mass is 10.2. The van der Waals surface area contributed by atoms with E-state index in [0.717, 1.165) is 37.4 Å². The van der Waals surface area contributed by atoms with E-state index in [4.69, 9.17) is 0 Å². The average Bonchev–Trinajstić information content (AvgIpc) is 2.68. The third-order valence-corrected chi connectivity index (χ3v) is 4.24. The first kappa shape index (κ1) is 19.7. The zero-order valence-electron chi connectivity index (χ0n) is 16.0. The van der Waals surface area contributed by atoms with Gasteiger partial charge in [0.15, 0.2) is 0 Å². The van der Waals surface area contributed by atoms with Gasteiger partial charge in [-0.1, -0.05) is 19.8 Å². The van der Waals surface area contributed by atoms with Gasteiger partial charge in [-0.3, -0.25) is 4.79 Å². The first-order chi connectivity index (χ1) is 12.7. The van der Waals surface area contributed by atoms with Crippen molar-refractivity contribution in [1.29, 1.82) is 0 Å². The number of carbonyl (C=O) groups excluding carboxylic acids is 1. The standard InChI is InChI=1S/C20H29N5O/c1-4-7-8-13-21-19-14-18(22-15-23-19)20(26)24-16-9-11-17(12-10-16)25(5-2)6-3/h9-12,14-15H,4-8,13H2,1-3H3,(H,24,26)(H,21,22,23). The maximum atomic E-state index is 12.4. The highest BCUT2D eigenvalue weighted by molar-refractivity contribution is 6.03. The van der Waals surface area contributed by atoms with Crippen LogP contribution in [0.4, 0.5) is 17.2 Å². The maximum absolute atomic E-state index is 12.4. The smallest absolute Gasteiger partial charge is 0.274 e. The lowest BCUT2D eigenvalue weighted by Gasteiger charge is -2.21. The van der Waals surface area contributed by atoms with Crippen LogP contribution >= 0.6 is 0 Å². The van der Waals surface area contributed by atoms with Gasteiger partial charge >= 0.3 is 0 Å². The fourth-order valence-electron chi connectivity index (χ4n) is 2.71. The monoisotopic (exact) mass is 355 g/mol. The van der Waals surface area contributed by atoms with Crippen LogP contribution in [0, 0.1) is 0 Å². The van der Waals surface area contributed by atoms with Crippen LogP contribution in [-0.4, -0.2) is 35.5 Å². The second kappa shape index (κ2) is 10.4. The van der Waals surface area contributed by atoms with Gasteiger partial charge in [0.2, 0.25) is 0 Å². The molecule has 0 saturated carbocycles. The molecule has 2 N–H and O–H groups in total. The molecule has 0 saturated heterocycles. The van der Waals surface area contributed by atoms with Crippen molar-refractivity contribution < 1.29 is 4.79 Å². The molecule has 26 heavy (non-hydrogen) atoms. The number of hydrogen-bond donors (Lipinski definition) is 2. The number of aromatic nitrogens is 2. The molecule has 0 aliphatic rings. The summed E-state index contributed by atoms with van der Waals surface area (Å²) in [5, 5.41) is 6.12. The third kappa shape index (κ3) is 5.72. The molecule has 0 radical (unpaired) electrons. The Morgan fingerprint density at radius 3 is 2.42 bits per heavy atom. The molecule has 2 aromatic rings. The lowest BCUT2D eigenvalue weighted by Crippen LogP contribution is -2.21. The molecule has 6 heteroatoms. The van der Waals surface area contributed by atoms with Gasteiger partial charge in [0.25, 0.3) is 5.91 Å². The van der Waals surface area contributed by atoms with E-state index in [0.29, 0.717) is 11.5 Å². The molecule has 0 bridgehead atoms. The molecule has 0 aliphatic heterocycles. The van der Waals surface area contributed by atoms with E-state index >= 15 is 0 Å². The quantitative estimate of drug-likeness (QED) is 0.626. The largest absolute Gasteiger partial charge is 0.372 e. The Labute approximate surface area is 156 Å². The Balaban J connectivity index is 1.96. The summed E-state index contributed by atoms with van der Waals surface area (Å²) in [6.45, 7) is 9.18. The van der Waals surface area contributed by atoms with Crippen molar-refractivity contribution >= 4 is 23.1 Å². The van der Waals surface area contributed by atoms with E-state index in [1.807, 2.05) is 24.3 Å². The number of hydrogen-bond acceptors (Lipinski definition) is 5. The van der Waals surface area contributed by atoms with Crippen molar-refractivity contribution in [2.75, 3.05) is 35.2 Å². The van der Waals surface area contributed by atoms with Gasteiger partial charge in [0.05, 0.1) is 0 Å². The van der Waals surface area contributed by atoms with Gasteiger partial charge in [-0.2, -0.15) is 0 Å². The van der Waals surface area contributed by atoms with Crippen molar-refractivity contribution in [3.63, 3.8) is 0 Å². The highest BCUT2D eigenvalue weighted by atomic mass is 16.1. The summed E-state index contributed by atoms with van der Waals surface area (Å²) in [6, 6.07) is 9.55. The van der Waals surface area contributed by atoms with Crippen LogP contribution < -0.4 is 15.5 Å². The molecule has 0 aliphatic carbocycles. The van der Waals surface area contributed by atoms with Crippen LogP contribution in [0.1, 0.15) is 50.5 Å². The van der Waals surface area contributed by atoms with Crippen LogP contribution in [0.15, 0.2) is 36.7 Å². The number of unbranched alkanes of at least 4 members (excludes halogenated alkanes) is 2. The first-order valence-corrected chi connectivity index (χ1v) is 9.40. The number of amides is 1. The van der Waals surface area contributed by atoms with Crippen LogP contribution in [-0.2, 0) is 0 Å². The fourth-order valence-corrected chi connectivity index (χ4v) is 2.71. The predicted molar refractivity (Wildman–Crippen MR) is 108 cm³/mol. The van der Waals surface area contributed by atoms with E-state index in [-0.39, 0.29) is 5.91 Å². The maximum Gasteiger partial charge on any atom is 0.274 e. The molecule has 1 aromatic heterocycles. The minimum atomic E-state index is -0.236. The van der Waals surface area contributed by atoms with Crippen molar-refractivity contribution in [3.05, 3.63) is 42.4 Å². The Kier molecular flexibility index (Phi) is 7.86. The second-order valence-electron chi connectivity index (χ2n) is 6.10. The van der Waals surface area contributed by atoms with Crippen molar-refractivity contribution in [2.45, 2.75) is 40.0 Å². The predicted octanol–water partition coefficient (Wildman–Crippen LogP) is 4.18. The average molecular weight is 355 g/mol. The molecule has 140 valence electrons. The zero-order chi connectivity index (χ0) is 18.8. The van der Waals surface area contributed by atoms with Crippen molar-refractivity contribution in [2.24, 2.45) is 0 Å². The zero-order valence-corrected chi connectivity index (χ0v) is 16.0. The summed E-state index contributed by atoms with van der Waals surface area (Å²) in [6.07, 6.45) is 4.85. The summed E-state index contributed by atoms with van der Waals surface area (Å²) in [5.74, 6) is 0.442. The van der Waals surface area contributed by atoms with Crippen molar-refractivity contribution in [3.8, 4) is 0 Å². The van der Waals surface area contributed by atoms with E-state index in [2.05, 4.69) is 46.3 Å². The number of benzene rings is 1. The minimum absolute atomic E-state index is 0.236. The molecule has 1 heterocycles. The molecular formula is C20H29N5O. The number of nitrogens with one attached hydrogen (secondary N) is 2. The van der Waals surface area contributed by atoms with Crippen LogP contribution in [0.5, 0.6) is 0 Å². The SMILES string of the molecule is CCCCCNc1cc(C(=O)Nc2ccc(N(CC)CC)cc2)ncn1. The Bertz CT molecular complexity index is 683. The molecule has 0 atom stereocenters. The molecule has 0 unspecified atom stereocenters. The summed E-state index contributed by atoms with van der Waals surface area (Å²) in [4.78, 5) is 22.9. The molecule has 6 nitrogen and oxygen atoms in total. The topological polar surface area (TPSA) is 70.2 Å². The minimum Gasteiger partial charge on any atom is -0.372 e. The number of nitrogens with zero attached hydrogens (tertiary/aromatic N) is 3. The fraction of sp³-hybridized carbons (Fsp3) is 0.450. The summed E-state index contributed by atoms with van der Waals surface area (Å²) < 4.78 is 0. The first-order valence-electron chi connectivity index (χ1n) is 9.40. The second-order valence-corrected chi connectivity index (χ2v) is 6.10. The molecule has 1 aromatic carbocycles. The van der Waals surface area contributed by atoms with E-state index in [1.165, 1.54) is 19.2 Å². The Morgan fingerprint density at radius 2 is 1.77 bits per heavy atom. The lowest BCUT2D eigenvalue weighted by molar-refractivity contribution is 0.102. The van der Waals surface area contributed by atoms with Gasteiger partial charge in [-0.25, -0.2) is 9.97 Å². The molecule has 0 fully saturated rings. The molecule has 2 rings (SSSR count). The van der Waals surface area contributed by atoms with Gasteiger partial charge in [-0.05, 0) is 44.5 Å². The van der Waals surface area contributed by atoms with Crippen LogP contribution in [0.3, 0.4) is 0 Å². The van der Waals surface area contributed by atoms with Gasteiger partial charge in [-0.15, -0.1) is 0 Å². The Hall–Kier alpha value is -2.63. The Morgan fingerprint density at radius 1 is 1.04 bits per heavy atom. The van der Waals surface area contributed by atoms with Gasteiger partial charge in [0, 0.05) is 37.1 Å². The van der Waals surface area contributed by atoms with Gasteiger partial charge in [0.1, 0.15) is 17.8 Å². The third-order valence-electron chi connectivity index (χ3n) is 4.24. The van der Waals surface area contributed by atoms with Crippen molar-refractivity contribution in [1.82, 2.24) is 9.97 Å².